The minimum atomic E-state index is -0.725. The van der Waals surface area contributed by atoms with Gasteiger partial charge in [-0.05, 0) is 40.7 Å². The van der Waals surface area contributed by atoms with Crippen molar-refractivity contribution in [1.82, 2.24) is 4.90 Å². The predicted octanol–water partition coefficient (Wildman–Crippen LogP) is 6.51. The van der Waals surface area contributed by atoms with E-state index in [4.69, 9.17) is 4.74 Å². The lowest BCUT2D eigenvalue weighted by Gasteiger charge is -2.33. The standard InChI is InChI=1S/C31H34N2O3/c1-4-5-16-29(34)33(30(23(2)3)31(35)36-22-24-12-8-6-9-13-24)21-25-17-18-28(27(19-25)20-32)26-14-10-7-11-15-26/h6-15,17-19,23,30H,4-5,16,21-22H2,1-3H3/t30-/m0/s1. The fourth-order valence-electron chi connectivity index (χ4n) is 4.24. The number of nitriles is 1. The van der Waals surface area contributed by atoms with Crippen molar-refractivity contribution in [2.45, 2.75) is 59.2 Å². The highest BCUT2D eigenvalue weighted by molar-refractivity contribution is 5.85. The van der Waals surface area contributed by atoms with Crippen LogP contribution in [0.3, 0.4) is 0 Å². The summed E-state index contributed by atoms with van der Waals surface area (Å²) in [5, 5.41) is 9.82. The lowest BCUT2D eigenvalue weighted by atomic mass is 9.96. The second kappa shape index (κ2) is 13.3. The summed E-state index contributed by atoms with van der Waals surface area (Å²) in [4.78, 5) is 28.2. The highest BCUT2D eigenvalue weighted by atomic mass is 16.5. The van der Waals surface area contributed by atoms with Crippen LogP contribution in [0.4, 0.5) is 0 Å². The largest absolute Gasteiger partial charge is 0.459 e. The van der Waals surface area contributed by atoms with Crippen molar-refractivity contribution >= 4 is 11.9 Å². The number of ether oxygens (including phenoxy) is 1. The van der Waals surface area contributed by atoms with Crippen molar-refractivity contribution in [2.24, 2.45) is 5.92 Å². The quantitative estimate of drug-likeness (QED) is 0.292. The molecule has 0 aliphatic rings. The molecule has 186 valence electrons. The summed E-state index contributed by atoms with van der Waals surface area (Å²) in [7, 11) is 0. The molecule has 0 aliphatic carbocycles. The zero-order chi connectivity index (χ0) is 25.9. The van der Waals surface area contributed by atoms with Gasteiger partial charge in [0.05, 0.1) is 11.6 Å². The fraction of sp³-hybridized carbons (Fsp3) is 0.323. The first kappa shape index (κ1) is 26.7. The second-order valence-corrected chi connectivity index (χ2v) is 9.27. The topological polar surface area (TPSA) is 70.4 Å². The van der Waals surface area contributed by atoms with E-state index >= 15 is 0 Å². The van der Waals surface area contributed by atoms with Crippen LogP contribution in [-0.4, -0.2) is 22.8 Å². The maximum atomic E-state index is 13.3. The van der Waals surface area contributed by atoms with Crippen LogP contribution in [0.1, 0.15) is 56.7 Å². The number of benzene rings is 3. The summed E-state index contributed by atoms with van der Waals surface area (Å²) in [6, 6.07) is 26.5. The van der Waals surface area contributed by atoms with E-state index in [1.807, 2.05) is 99.6 Å². The Bertz CT molecular complexity index is 1180. The molecule has 0 bridgehead atoms. The van der Waals surface area contributed by atoms with Gasteiger partial charge < -0.3 is 9.64 Å². The van der Waals surface area contributed by atoms with E-state index in [1.165, 1.54) is 0 Å². The summed E-state index contributed by atoms with van der Waals surface area (Å²) >= 11 is 0. The molecule has 0 heterocycles. The van der Waals surface area contributed by atoms with Crippen LogP contribution in [0.5, 0.6) is 0 Å². The van der Waals surface area contributed by atoms with Gasteiger partial charge in [-0.25, -0.2) is 4.79 Å². The van der Waals surface area contributed by atoms with Gasteiger partial charge in [-0.1, -0.05) is 100.0 Å². The molecule has 0 saturated carbocycles. The van der Waals surface area contributed by atoms with Crippen molar-refractivity contribution in [2.75, 3.05) is 0 Å². The molecule has 0 spiro atoms. The van der Waals surface area contributed by atoms with E-state index in [0.717, 1.165) is 35.1 Å². The number of esters is 1. The van der Waals surface area contributed by atoms with E-state index in [1.54, 1.807) is 4.90 Å². The van der Waals surface area contributed by atoms with Gasteiger partial charge in [0.2, 0.25) is 5.91 Å². The van der Waals surface area contributed by atoms with Gasteiger partial charge in [0.1, 0.15) is 12.6 Å². The van der Waals surface area contributed by atoms with Crippen molar-refractivity contribution in [3.8, 4) is 17.2 Å². The molecule has 0 fully saturated rings. The molecule has 0 radical (unpaired) electrons. The molecule has 0 N–H and O–H groups in total. The van der Waals surface area contributed by atoms with Crippen molar-refractivity contribution in [1.29, 1.82) is 5.26 Å². The van der Waals surface area contributed by atoms with Crippen LogP contribution in [0.25, 0.3) is 11.1 Å². The Hall–Kier alpha value is -3.91. The molecule has 0 saturated heterocycles. The Morgan fingerprint density at radius 2 is 1.61 bits per heavy atom. The monoisotopic (exact) mass is 482 g/mol. The Morgan fingerprint density at radius 1 is 0.944 bits per heavy atom. The van der Waals surface area contributed by atoms with E-state index in [9.17, 15) is 14.9 Å². The summed E-state index contributed by atoms with van der Waals surface area (Å²) in [6.07, 6.45) is 1.99. The van der Waals surface area contributed by atoms with Gasteiger partial charge in [-0.2, -0.15) is 5.26 Å². The third-order valence-electron chi connectivity index (χ3n) is 6.14. The Kier molecular flexibility index (Phi) is 9.82. The summed E-state index contributed by atoms with van der Waals surface area (Å²) in [5.41, 5.74) is 4.03. The van der Waals surface area contributed by atoms with Gasteiger partial charge in [0.15, 0.2) is 0 Å². The summed E-state index contributed by atoms with van der Waals surface area (Å²) in [6.45, 7) is 6.27. The zero-order valence-electron chi connectivity index (χ0n) is 21.3. The van der Waals surface area contributed by atoms with E-state index in [-0.39, 0.29) is 25.0 Å². The summed E-state index contributed by atoms with van der Waals surface area (Å²) in [5.74, 6) is -0.643. The molecule has 3 rings (SSSR count). The number of nitrogens with zero attached hydrogens (tertiary/aromatic N) is 2. The fourth-order valence-corrected chi connectivity index (χ4v) is 4.24. The number of carbonyl (C=O) groups excluding carboxylic acids is 2. The first-order valence-electron chi connectivity index (χ1n) is 12.5. The van der Waals surface area contributed by atoms with Crippen molar-refractivity contribution < 1.29 is 14.3 Å². The van der Waals surface area contributed by atoms with Crippen LogP contribution in [0.15, 0.2) is 78.9 Å². The number of unbranched alkanes of at least 4 members (excludes halogenated alkanes) is 1. The molecule has 36 heavy (non-hydrogen) atoms. The number of hydrogen-bond acceptors (Lipinski definition) is 4. The van der Waals surface area contributed by atoms with Crippen molar-refractivity contribution in [3.05, 3.63) is 95.6 Å². The molecule has 3 aromatic rings. The predicted molar refractivity (Wildman–Crippen MR) is 142 cm³/mol. The van der Waals surface area contributed by atoms with Gasteiger partial charge in [-0.15, -0.1) is 0 Å². The molecule has 0 aliphatic heterocycles. The lowest BCUT2D eigenvalue weighted by molar-refractivity contribution is -0.159. The molecule has 0 aromatic heterocycles. The van der Waals surface area contributed by atoms with Crippen LogP contribution in [0.2, 0.25) is 0 Å². The molecule has 5 heteroatoms. The number of carbonyl (C=O) groups is 2. The molecule has 0 unspecified atom stereocenters. The molecular formula is C31H34N2O3. The Labute approximate surface area is 214 Å². The highest BCUT2D eigenvalue weighted by Gasteiger charge is 2.33. The van der Waals surface area contributed by atoms with Gasteiger partial charge in [0, 0.05) is 13.0 Å². The first-order chi connectivity index (χ1) is 17.4. The molecule has 1 atom stereocenters. The van der Waals surface area contributed by atoms with Crippen LogP contribution >= 0.6 is 0 Å². The van der Waals surface area contributed by atoms with Crippen molar-refractivity contribution in [3.63, 3.8) is 0 Å². The number of rotatable bonds is 11. The van der Waals surface area contributed by atoms with E-state index < -0.39 is 12.0 Å². The van der Waals surface area contributed by atoms with Gasteiger partial charge in [0.25, 0.3) is 0 Å². The van der Waals surface area contributed by atoms with Gasteiger partial charge >= 0.3 is 5.97 Å². The number of amides is 1. The average molecular weight is 483 g/mol. The summed E-state index contributed by atoms with van der Waals surface area (Å²) < 4.78 is 5.66. The smallest absolute Gasteiger partial charge is 0.329 e. The normalized spacial score (nSPS) is 11.5. The molecular weight excluding hydrogens is 448 g/mol. The molecule has 5 nitrogen and oxygen atoms in total. The zero-order valence-corrected chi connectivity index (χ0v) is 21.3. The third kappa shape index (κ3) is 7.05. The van der Waals surface area contributed by atoms with Gasteiger partial charge in [-0.3, -0.25) is 4.79 Å². The SMILES string of the molecule is CCCCC(=O)N(Cc1ccc(-c2ccccc2)c(C#N)c1)[C@H](C(=O)OCc1ccccc1)C(C)C. The first-order valence-corrected chi connectivity index (χ1v) is 12.5. The maximum Gasteiger partial charge on any atom is 0.329 e. The lowest BCUT2D eigenvalue weighted by Crippen LogP contribution is -2.48. The molecule has 3 aromatic carbocycles. The minimum Gasteiger partial charge on any atom is -0.459 e. The van der Waals surface area contributed by atoms with E-state index in [0.29, 0.717) is 12.0 Å². The minimum absolute atomic E-state index is 0.0853. The molecule has 1 amide bonds. The van der Waals surface area contributed by atoms with E-state index in [2.05, 4.69) is 6.07 Å². The highest BCUT2D eigenvalue weighted by Crippen LogP contribution is 2.26. The van der Waals surface area contributed by atoms with Crippen LogP contribution in [0, 0.1) is 17.2 Å². The third-order valence-corrected chi connectivity index (χ3v) is 6.14. The maximum absolute atomic E-state index is 13.3. The Morgan fingerprint density at radius 3 is 2.22 bits per heavy atom. The van der Waals surface area contributed by atoms with Crippen LogP contribution < -0.4 is 0 Å². The van der Waals surface area contributed by atoms with Crippen LogP contribution in [-0.2, 0) is 27.5 Å². The second-order valence-electron chi connectivity index (χ2n) is 9.27. The average Bonchev–Trinajstić information content (AvgIpc) is 2.91. The Balaban J connectivity index is 1.88. The number of hydrogen-bond donors (Lipinski definition) is 0.